The maximum Gasteiger partial charge on any atom is 0.355 e. The molecule has 0 saturated carbocycles. The van der Waals surface area contributed by atoms with Crippen LogP contribution in [-0.2, 0) is 18.4 Å². The first-order valence-corrected chi connectivity index (χ1v) is 9.16. The number of alkyl halides is 2. The first-order chi connectivity index (χ1) is 10.4. The molecule has 0 aromatic heterocycles. The van der Waals surface area contributed by atoms with Crippen molar-refractivity contribution < 1.29 is 27.2 Å². The molecule has 0 aromatic rings. The van der Waals surface area contributed by atoms with Gasteiger partial charge in [-0.2, -0.15) is 0 Å². The molecule has 126 valence electrons. The molecule has 0 aromatic carbocycles. The third-order valence-electron chi connectivity index (χ3n) is 3.93. The Morgan fingerprint density at radius 2 is 1.91 bits per heavy atom. The number of hydrogen-bond donors (Lipinski definition) is 1. The summed E-state index contributed by atoms with van der Waals surface area (Å²) in [5.41, 5.74) is 0. The quantitative estimate of drug-likeness (QED) is 0.596. The van der Waals surface area contributed by atoms with Crippen molar-refractivity contribution in [3.63, 3.8) is 0 Å². The summed E-state index contributed by atoms with van der Waals surface area (Å²) in [4.78, 5) is 12.2. The van der Waals surface area contributed by atoms with Crippen LogP contribution >= 0.6 is 7.60 Å². The number of rotatable bonds is 6. The highest BCUT2D eigenvalue weighted by atomic mass is 31.2. The molecule has 1 heterocycles. The van der Waals surface area contributed by atoms with E-state index in [1.807, 2.05) is 0 Å². The minimum atomic E-state index is -3.59. The zero-order chi connectivity index (χ0) is 16.3. The zero-order valence-electron chi connectivity index (χ0n) is 12.7. The van der Waals surface area contributed by atoms with Crippen molar-refractivity contribution in [3.8, 4) is 0 Å². The minimum Gasteiger partial charge on any atom is -0.307 e. The Balaban J connectivity index is 2.10. The van der Waals surface area contributed by atoms with Crippen molar-refractivity contribution in [2.75, 3.05) is 13.2 Å². The van der Waals surface area contributed by atoms with E-state index in [2.05, 4.69) is 5.32 Å². The number of nitrogens with one attached hydrogen (secondary N) is 1. The van der Waals surface area contributed by atoms with Crippen LogP contribution in [0.2, 0.25) is 0 Å². The third kappa shape index (κ3) is 3.65. The van der Waals surface area contributed by atoms with Gasteiger partial charge in [0, 0.05) is 12.5 Å². The highest BCUT2D eigenvalue weighted by Crippen LogP contribution is 2.54. The first-order valence-electron chi connectivity index (χ1n) is 7.55. The third-order valence-corrected chi connectivity index (χ3v) is 6.24. The van der Waals surface area contributed by atoms with Crippen molar-refractivity contribution in [1.29, 1.82) is 0 Å². The van der Waals surface area contributed by atoms with E-state index in [0.717, 1.165) is 0 Å². The summed E-state index contributed by atoms with van der Waals surface area (Å²) >= 11 is 0. The van der Waals surface area contributed by atoms with Crippen molar-refractivity contribution in [2.45, 2.75) is 50.9 Å². The topological polar surface area (TPSA) is 64.6 Å². The van der Waals surface area contributed by atoms with Crippen LogP contribution in [-0.4, -0.2) is 43.2 Å². The van der Waals surface area contributed by atoms with Gasteiger partial charge in [0.2, 0.25) is 0 Å². The van der Waals surface area contributed by atoms with Gasteiger partial charge < -0.3 is 9.05 Å². The molecule has 1 saturated heterocycles. The van der Waals surface area contributed by atoms with E-state index in [9.17, 15) is 18.1 Å². The molecule has 5 atom stereocenters. The maximum atomic E-state index is 13.5. The first kappa shape index (κ1) is 17.7. The second kappa shape index (κ2) is 7.30. The van der Waals surface area contributed by atoms with Crippen LogP contribution in [0.15, 0.2) is 12.2 Å². The van der Waals surface area contributed by atoms with Crippen molar-refractivity contribution >= 4 is 13.4 Å². The highest BCUT2D eigenvalue weighted by Gasteiger charge is 2.48. The number of allylic oxidation sites excluding steroid dienone is 1. The fourth-order valence-electron chi connectivity index (χ4n) is 2.91. The van der Waals surface area contributed by atoms with Crippen LogP contribution in [0, 0.1) is 5.92 Å². The number of carbonyl (C=O) groups excluding carboxylic acids is 1. The van der Waals surface area contributed by atoms with Crippen LogP contribution in [0.3, 0.4) is 0 Å². The molecule has 8 heteroatoms. The summed E-state index contributed by atoms with van der Waals surface area (Å²) in [6, 6.07) is -0.381. The molecule has 0 radical (unpaired) electrons. The SMILES string of the molecule is CCOP(=O)(OCC)C1N[C@@H](C2C=CC(F)C(F)C2)CC1=O. The van der Waals surface area contributed by atoms with E-state index in [1.54, 1.807) is 19.9 Å². The van der Waals surface area contributed by atoms with Gasteiger partial charge in [-0.25, -0.2) is 8.78 Å². The molecule has 1 fully saturated rings. The predicted molar refractivity (Wildman–Crippen MR) is 78.2 cm³/mol. The van der Waals surface area contributed by atoms with Gasteiger partial charge in [-0.05, 0) is 26.2 Å². The summed E-state index contributed by atoms with van der Waals surface area (Å²) in [6.45, 7) is 3.66. The molecule has 2 aliphatic rings. The van der Waals surface area contributed by atoms with E-state index < -0.39 is 25.7 Å². The summed E-state index contributed by atoms with van der Waals surface area (Å²) in [6.07, 6.45) is -0.293. The van der Waals surface area contributed by atoms with Crippen LogP contribution in [0.5, 0.6) is 0 Å². The average molecular weight is 337 g/mol. The second-order valence-electron chi connectivity index (χ2n) is 5.47. The summed E-state index contributed by atoms with van der Waals surface area (Å²) in [7, 11) is -3.59. The Morgan fingerprint density at radius 1 is 1.27 bits per heavy atom. The lowest BCUT2D eigenvalue weighted by molar-refractivity contribution is -0.117. The van der Waals surface area contributed by atoms with Gasteiger partial charge in [0.25, 0.3) is 0 Å². The second-order valence-corrected chi connectivity index (χ2v) is 7.58. The van der Waals surface area contributed by atoms with Gasteiger partial charge in [0.15, 0.2) is 11.6 Å². The Hall–Kier alpha value is -0.620. The zero-order valence-corrected chi connectivity index (χ0v) is 13.6. The Morgan fingerprint density at radius 3 is 2.45 bits per heavy atom. The number of carbonyl (C=O) groups is 1. The normalized spacial score (nSPS) is 36.0. The van der Waals surface area contributed by atoms with Crippen molar-refractivity contribution in [2.24, 2.45) is 5.92 Å². The Labute approximate surface area is 129 Å². The van der Waals surface area contributed by atoms with E-state index in [4.69, 9.17) is 9.05 Å². The summed E-state index contributed by atoms with van der Waals surface area (Å²) in [5.74, 6) is -1.62. The van der Waals surface area contributed by atoms with Crippen LogP contribution in [0.1, 0.15) is 26.7 Å². The molecule has 4 unspecified atom stereocenters. The van der Waals surface area contributed by atoms with Gasteiger partial charge in [-0.1, -0.05) is 12.2 Å². The fraction of sp³-hybridized carbons (Fsp3) is 0.786. The Bertz CT molecular complexity index is 477. The molecule has 1 aliphatic carbocycles. The lowest BCUT2D eigenvalue weighted by atomic mass is 9.87. The van der Waals surface area contributed by atoms with Gasteiger partial charge in [-0.3, -0.25) is 14.7 Å². The van der Waals surface area contributed by atoms with Crippen molar-refractivity contribution in [1.82, 2.24) is 5.32 Å². The summed E-state index contributed by atoms with van der Waals surface area (Å²) < 4.78 is 49.7. The molecule has 1 N–H and O–H groups in total. The van der Waals surface area contributed by atoms with Gasteiger partial charge >= 0.3 is 7.60 Å². The number of hydrogen-bond acceptors (Lipinski definition) is 5. The number of ketones is 1. The van der Waals surface area contributed by atoms with Crippen LogP contribution in [0.4, 0.5) is 8.78 Å². The molecule has 0 amide bonds. The molecule has 2 rings (SSSR count). The largest absolute Gasteiger partial charge is 0.355 e. The van der Waals surface area contributed by atoms with Gasteiger partial charge in [-0.15, -0.1) is 0 Å². The molecule has 1 aliphatic heterocycles. The number of Topliss-reactive ketones (excluding diaryl/α,β-unsaturated/α-hetero) is 1. The fourth-order valence-corrected chi connectivity index (χ4v) is 4.83. The molecular weight excluding hydrogens is 315 g/mol. The molecule has 5 nitrogen and oxygen atoms in total. The van der Waals surface area contributed by atoms with E-state index >= 15 is 0 Å². The molecule has 22 heavy (non-hydrogen) atoms. The lowest BCUT2D eigenvalue weighted by Crippen LogP contribution is -2.39. The standard InChI is InChI=1S/C14H22F2NO4P/c1-3-20-22(19,21-4-2)14-13(18)8-12(17-14)9-5-6-10(15)11(16)7-9/h5-6,9-12,14,17H,3-4,7-8H2,1-2H3/t9?,10?,11?,12-,14?/m1/s1. The lowest BCUT2D eigenvalue weighted by Gasteiger charge is -2.28. The Kier molecular flexibility index (Phi) is 5.88. The maximum absolute atomic E-state index is 13.5. The number of halogens is 2. The van der Waals surface area contributed by atoms with E-state index in [-0.39, 0.29) is 43.8 Å². The van der Waals surface area contributed by atoms with Crippen molar-refractivity contribution in [3.05, 3.63) is 12.2 Å². The minimum absolute atomic E-state index is 0.00288. The molecule has 0 spiro atoms. The van der Waals surface area contributed by atoms with E-state index in [0.29, 0.717) is 0 Å². The predicted octanol–water partition coefficient (Wildman–Crippen LogP) is 2.76. The smallest absolute Gasteiger partial charge is 0.307 e. The van der Waals surface area contributed by atoms with Gasteiger partial charge in [0.05, 0.1) is 13.2 Å². The molecular formula is C14H22F2NO4P. The van der Waals surface area contributed by atoms with Crippen LogP contribution < -0.4 is 5.32 Å². The average Bonchev–Trinajstić information content (AvgIpc) is 2.85. The molecule has 0 bridgehead atoms. The van der Waals surface area contributed by atoms with Crippen LogP contribution in [0.25, 0.3) is 0 Å². The summed E-state index contributed by atoms with van der Waals surface area (Å²) in [5, 5.41) is 2.95. The highest BCUT2D eigenvalue weighted by molar-refractivity contribution is 7.55. The van der Waals surface area contributed by atoms with E-state index in [1.165, 1.54) is 6.08 Å². The monoisotopic (exact) mass is 337 g/mol. The van der Waals surface area contributed by atoms with Gasteiger partial charge in [0.1, 0.15) is 12.3 Å².